The number of rotatable bonds is 10. The van der Waals surface area contributed by atoms with Gasteiger partial charge >= 0.3 is 0 Å². The Hall–Kier alpha value is -3.89. The van der Waals surface area contributed by atoms with E-state index in [1.54, 1.807) is 40.6 Å². The predicted molar refractivity (Wildman–Crippen MR) is 152 cm³/mol. The average molecular weight is 565 g/mol. The Morgan fingerprint density at radius 2 is 1.62 bits per heavy atom. The van der Waals surface area contributed by atoms with Crippen LogP contribution in [0.4, 0.5) is 5.69 Å². The summed E-state index contributed by atoms with van der Waals surface area (Å²) in [4.78, 5) is 27.5. The first-order chi connectivity index (χ1) is 18.8. The van der Waals surface area contributed by atoms with E-state index in [-0.39, 0.29) is 18.1 Å². The fourth-order valence-electron chi connectivity index (χ4n) is 4.80. The number of benzene rings is 3. The quantitative estimate of drug-likeness (QED) is 0.289. The molecule has 8 nitrogen and oxygen atoms in total. The molecule has 4 aromatic rings. The fourth-order valence-corrected chi connectivity index (χ4v) is 6.59. The molecule has 0 fully saturated rings. The number of hydrogen-bond donors (Lipinski definition) is 1. The minimum atomic E-state index is -3.88. The first kappa shape index (κ1) is 26.7. The van der Waals surface area contributed by atoms with Gasteiger partial charge in [-0.15, -0.1) is 0 Å². The van der Waals surface area contributed by atoms with E-state index in [0.717, 1.165) is 21.9 Å². The zero-order valence-electron chi connectivity index (χ0n) is 21.6. The van der Waals surface area contributed by atoms with Gasteiger partial charge in [0, 0.05) is 22.0 Å². The number of carbonyl (C=O) groups excluding carboxylic acids is 2. The molecular formula is C29H28N2O6S2. The Labute approximate surface area is 231 Å². The van der Waals surface area contributed by atoms with Crippen molar-refractivity contribution in [3.05, 3.63) is 87.6 Å². The lowest BCUT2D eigenvalue weighted by atomic mass is 9.99. The number of amides is 2. The maximum absolute atomic E-state index is 13.7. The van der Waals surface area contributed by atoms with Crippen molar-refractivity contribution >= 4 is 49.6 Å². The number of thiophene rings is 1. The van der Waals surface area contributed by atoms with Gasteiger partial charge in [0.15, 0.2) is 0 Å². The second-order valence-corrected chi connectivity index (χ2v) is 11.6. The van der Waals surface area contributed by atoms with E-state index in [4.69, 9.17) is 9.47 Å². The molecule has 2 amide bonds. The summed E-state index contributed by atoms with van der Waals surface area (Å²) in [6, 6.07) is 16.2. The molecule has 0 atom stereocenters. The molecule has 1 N–H and O–H groups in total. The van der Waals surface area contributed by atoms with Gasteiger partial charge in [0.2, 0.25) is 15.9 Å². The molecule has 0 aliphatic carbocycles. The molecule has 3 aromatic carbocycles. The number of sulfonamides is 1. The second kappa shape index (κ2) is 11.1. The molecule has 1 aliphatic heterocycles. The third kappa shape index (κ3) is 5.48. The summed E-state index contributed by atoms with van der Waals surface area (Å²) in [5.41, 5.74) is 3.13. The van der Waals surface area contributed by atoms with Crippen LogP contribution in [-0.2, 0) is 33.5 Å². The fraction of sp³-hybridized carbons (Fsp3) is 0.241. The molecule has 0 unspecified atom stereocenters. The first-order valence-corrected chi connectivity index (χ1v) is 15.2. The Morgan fingerprint density at radius 1 is 0.949 bits per heavy atom. The number of nitrogens with zero attached hydrogens (tertiary/aromatic N) is 1. The van der Waals surface area contributed by atoms with Crippen LogP contribution in [0.5, 0.6) is 11.5 Å². The van der Waals surface area contributed by atoms with Gasteiger partial charge in [-0.05, 0) is 53.9 Å². The molecule has 39 heavy (non-hydrogen) atoms. The molecule has 2 heterocycles. The van der Waals surface area contributed by atoms with Gasteiger partial charge in [0.25, 0.3) is 5.91 Å². The molecule has 5 rings (SSSR count). The summed E-state index contributed by atoms with van der Waals surface area (Å²) in [5.74, 6) is 0.0723. The second-order valence-electron chi connectivity index (χ2n) is 9.07. The van der Waals surface area contributed by atoms with E-state index in [0.29, 0.717) is 48.1 Å². The van der Waals surface area contributed by atoms with Crippen LogP contribution in [0.1, 0.15) is 40.9 Å². The zero-order valence-corrected chi connectivity index (χ0v) is 23.2. The minimum Gasteiger partial charge on any atom is -0.493 e. The van der Waals surface area contributed by atoms with Crippen molar-refractivity contribution in [2.45, 2.75) is 32.6 Å². The lowest BCUT2D eigenvalue weighted by molar-refractivity contribution is -0.118. The number of fused-ring (bicyclic) bond motifs is 2. The highest BCUT2D eigenvalue weighted by Gasteiger charge is 2.36. The highest BCUT2D eigenvalue weighted by atomic mass is 32.2. The maximum Gasteiger partial charge on any atom is 0.262 e. The Balaban J connectivity index is 1.38. The highest BCUT2D eigenvalue weighted by molar-refractivity contribution is 7.89. The summed E-state index contributed by atoms with van der Waals surface area (Å²) in [5, 5.41) is 5.34. The van der Waals surface area contributed by atoms with Crippen LogP contribution in [0.3, 0.4) is 0 Å². The van der Waals surface area contributed by atoms with Crippen LogP contribution >= 0.6 is 11.3 Å². The van der Waals surface area contributed by atoms with Crippen molar-refractivity contribution in [3.8, 4) is 11.5 Å². The Bertz CT molecular complexity index is 1630. The molecule has 1 aliphatic rings. The molecular weight excluding hydrogens is 536 g/mol. The van der Waals surface area contributed by atoms with E-state index in [2.05, 4.69) is 4.72 Å². The van der Waals surface area contributed by atoms with Gasteiger partial charge in [0.1, 0.15) is 11.5 Å². The largest absolute Gasteiger partial charge is 0.493 e. The monoisotopic (exact) mass is 564 g/mol. The van der Waals surface area contributed by atoms with Gasteiger partial charge in [-0.25, -0.2) is 8.42 Å². The number of anilines is 1. The normalized spacial score (nSPS) is 13.0. The lowest BCUT2D eigenvalue weighted by Crippen LogP contribution is -2.32. The molecule has 0 saturated heterocycles. The number of hydrogen-bond acceptors (Lipinski definition) is 7. The van der Waals surface area contributed by atoms with Crippen LogP contribution in [0.2, 0.25) is 0 Å². The van der Waals surface area contributed by atoms with Crippen LogP contribution in [0.15, 0.2) is 65.4 Å². The molecule has 0 radical (unpaired) electrons. The summed E-state index contributed by atoms with van der Waals surface area (Å²) >= 11 is 1.45. The van der Waals surface area contributed by atoms with E-state index >= 15 is 0 Å². The highest BCUT2D eigenvalue weighted by Crippen LogP contribution is 2.46. The Kier molecular flexibility index (Phi) is 7.58. The predicted octanol–water partition coefficient (Wildman–Crippen LogP) is 5.05. The summed E-state index contributed by atoms with van der Waals surface area (Å²) in [6.07, 6.45) is 0.00176. The lowest BCUT2D eigenvalue weighted by Gasteiger charge is -2.16. The van der Waals surface area contributed by atoms with Gasteiger partial charge in [-0.2, -0.15) is 11.3 Å². The third-order valence-electron chi connectivity index (χ3n) is 6.39. The van der Waals surface area contributed by atoms with Crippen molar-refractivity contribution in [1.29, 1.82) is 0 Å². The standard InChI is InChI=1S/C29H28N2O6S2/c1-3-36-27-22-7-5-6-8-23(22)28(37-4-2)26-24(27)16-31(29(26)33)21-11-9-19(10-12-21)18-39(34,35)30-25(32)15-20-13-14-38-17-20/h5-14,17H,3-4,15-16,18H2,1-2H3,(H,30,32). The maximum atomic E-state index is 13.7. The van der Waals surface area contributed by atoms with Crippen molar-refractivity contribution in [2.75, 3.05) is 18.1 Å². The van der Waals surface area contributed by atoms with Gasteiger partial charge in [-0.3, -0.25) is 14.3 Å². The smallest absolute Gasteiger partial charge is 0.262 e. The van der Waals surface area contributed by atoms with Crippen LogP contribution in [0, 0.1) is 0 Å². The van der Waals surface area contributed by atoms with Gasteiger partial charge in [0.05, 0.1) is 37.5 Å². The van der Waals surface area contributed by atoms with Crippen LogP contribution < -0.4 is 19.1 Å². The number of nitrogens with one attached hydrogen (secondary N) is 1. The van der Waals surface area contributed by atoms with Gasteiger partial charge in [-0.1, -0.05) is 36.4 Å². The van der Waals surface area contributed by atoms with E-state index in [9.17, 15) is 18.0 Å². The van der Waals surface area contributed by atoms with Crippen molar-refractivity contribution in [1.82, 2.24) is 4.72 Å². The number of carbonyl (C=O) groups is 2. The van der Waals surface area contributed by atoms with Crippen LogP contribution in [-0.4, -0.2) is 33.4 Å². The summed E-state index contributed by atoms with van der Waals surface area (Å²) in [6.45, 7) is 4.94. The average Bonchev–Trinajstić information content (AvgIpc) is 3.53. The zero-order chi connectivity index (χ0) is 27.6. The van der Waals surface area contributed by atoms with Crippen molar-refractivity contribution in [3.63, 3.8) is 0 Å². The van der Waals surface area contributed by atoms with E-state index < -0.39 is 15.9 Å². The minimum absolute atomic E-state index is 0.00176. The Morgan fingerprint density at radius 3 is 2.26 bits per heavy atom. The molecule has 1 aromatic heterocycles. The van der Waals surface area contributed by atoms with Gasteiger partial charge < -0.3 is 14.4 Å². The first-order valence-electron chi connectivity index (χ1n) is 12.6. The summed E-state index contributed by atoms with van der Waals surface area (Å²) in [7, 11) is -3.88. The van der Waals surface area contributed by atoms with Crippen LogP contribution in [0.25, 0.3) is 10.8 Å². The van der Waals surface area contributed by atoms with E-state index in [1.165, 1.54) is 11.3 Å². The SMILES string of the molecule is CCOc1c2c(c(OCC)c3ccccc13)C(=O)N(c1ccc(CS(=O)(=O)NC(=O)Cc3ccsc3)cc1)C2. The van der Waals surface area contributed by atoms with Crippen molar-refractivity contribution in [2.24, 2.45) is 0 Å². The van der Waals surface area contributed by atoms with E-state index in [1.807, 2.05) is 43.5 Å². The molecule has 10 heteroatoms. The molecule has 0 spiro atoms. The van der Waals surface area contributed by atoms with Crippen molar-refractivity contribution < 1.29 is 27.5 Å². The number of ether oxygens (including phenoxy) is 2. The summed E-state index contributed by atoms with van der Waals surface area (Å²) < 4.78 is 39.3. The molecule has 202 valence electrons. The molecule has 0 saturated carbocycles. The molecule has 0 bridgehead atoms. The topological polar surface area (TPSA) is 102 Å². The third-order valence-corrected chi connectivity index (χ3v) is 8.37.